The van der Waals surface area contributed by atoms with Crippen LogP contribution in [0, 0.1) is 0 Å². The summed E-state index contributed by atoms with van der Waals surface area (Å²) in [6.45, 7) is 0.442. The van der Waals surface area contributed by atoms with Crippen LogP contribution in [0.15, 0.2) is 6.07 Å². The minimum atomic E-state index is -2.79. The van der Waals surface area contributed by atoms with Crippen molar-refractivity contribution in [1.82, 2.24) is 10.2 Å². The second-order valence-corrected chi connectivity index (χ2v) is 6.25. The molecule has 0 unspecified atom stereocenters. The number of nitrogens with one attached hydrogen (secondary N) is 1. The lowest BCUT2D eigenvalue weighted by molar-refractivity contribution is 0.544. The molecule has 0 saturated carbocycles. The molecule has 0 atom stereocenters. The molecule has 1 aromatic rings. The topological polar surface area (TPSA) is 88.8 Å². The van der Waals surface area contributed by atoms with Crippen LogP contribution in [0.25, 0.3) is 0 Å². The maximum absolute atomic E-state index is 11.2. The summed E-state index contributed by atoms with van der Waals surface area (Å²) >= 11 is 0. The van der Waals surface area contributed by atoms with Gasteiger partial charge >= 0.3 is 0 Å². The Labute approximate surface area is 89.0 Å². The molecule has 15 heavy (non-hydrogen) atoms. The van der Waals surface area contributed by atoms with Gasteiger partial charge in [-0.15, -0.1) is 0 Å². The fourth-order valence-electron chi connectivity index (χ4n) is 1.88. The van der Waals surface area contributed by atoms with E-state index in [1.807, 2.05) is 6.07 Å². The zero-order valence-electron chi connectivity index (χ0n) is 8.44. The molecule has 2 rings (SSSR count). The summed E-state index contributed by atoms with van der Waals surface area (Å²) in [5, 5.41) is 7.01. The van der Waals surface area contributed by atoms with Crippen molar-refractivity contribution < 1.29 is 8.42 Å². The van der Waals surface area contributed by atoms with Crippen LogP contribution >= 0.6 is 0 Å². The van der Waals surface area contributed by atoms with E-state index >= 15 is 0 Å². The number of H-pyrrole nitrogens is 1. The van der Waals surface area contributed by atoms with Crippen LogP contribution in [0.4, 0.5) is 0 Å². The Kier molecular flexibility index (Phi) is 2.79. The van der Waals surface area contributed by atoms with Crippen LogP contribution in [-0.4, -0.2) is 30.1 Å². The van der Waals surface area contributed by atoms with Crippen molar-refractivity contribution >= 4 is 9.84 Å². The Bertz CT molecular complexity index is 424. The number of hydrogen-bond acceptors (Lipinski definition) is 4. The standard InChI is InChI=1S/C9H15N3O2S/c10-6-8-5-9(12-11-8)7-1-3-15(13,14)4-2-7/h5,7H,1-4,6,10H2,(H,11,12). The van der Waals surface area contributed by atoms with E-state index in [0.29, 0.717) is 19.4 Å². The molecule has 3 N–H and O–H groups in total. The minimum Gasteiger partial charge on any atom is -0.325 e. The van der Waals surface area contributed by atoms with Gasteiger partial charge in [-0.25, -0.2) is 8.42 Å². The van der Waals surface area contributed by atoms with Crippen LogP contribution in [0.1, 0.15) is 30.1 Å². The number of sulfone groups is 1. The summed E-state index contributed by atoms with van der Waals surface area (Å²) in [6, 6.07) is 1.93. The van der Waals surface area contributed by atoms with Gasteiger partial charge in [-0.3, -0.25) is 5.10 Å². The number of aromatic amines is 1. The fraction of sp³-hybridized carbons (Fsp3) is 0.667. The average Bonchev–Trinajstić information content (AvgIpc) is 2.66. The van der Waals surface area contributed by atoms with Crippen LogP contribution in [-0.2, 0) is 16.4 Å². The van der Waals surface area contributed by atoms with Crippen LogP contribution in [0.3, 0.4) is 0 Å². The normalized spacial score (nSPS) is 21.7. The number of nitrogens with zero attached hydrogens (tertiary/aromatic N) is 1. The molecule has 0 bridgehead atoms. The Balaban J connectivity index is 2.07. The molecule has 0 aromatic carbocycles. The van der Waals surface area contributed by atoms with E-state index in [1.165, 1.54) is 0 Å². The predicted octanol–water partition coefficient (Wildman–Crippen LogP) is 0.161. The Morgan fingerprint density at radius 3 is 2.67 bits per heavy atom. The summed E-state index contributed by atoms with van der Waals surface area (Å²) in [6.07, 6.45) is 1.36. The largest absolute Gasteiger partial charge is 0.325 e. The number of nitrogens with two attached hydrogens (primary N) is 1. The van der Waals surface area contributed by atoms with Gasteiger partial charge < -0.3 is 5.73 Å². The van der Waals surface area contributed by atoms with Crippen molar-refractivity contribution in [3.63, 3.8) is 0 Å². The average molecular weight is 229 g/mol. The predicted molar refractivity (Wildman–Crippen MR) is 57.1 cm³/mol. The van der Waals surface area contributed by atoms with E-state index in [2.05, 4.69) is 10.2 Å². The van der Waals surface area contributed by atoms with E-state index in [9.17, 15) is 8.42 Å². The first kappa shape index (κ1) is 10.6. The summed E-state index contributed by atoms with van der Waals surface area (Å²) < 4.78 is 22.5. The molecule has 0 spiro atoms. The van der Waals surface area contributed by atoms with Gasteiger partial charge in [0.2, 0.25) is 0 Å². The first-order valence-electron chi connectivity index (χ1n) is 5.05. The van der Waals surface area contributed by atoms with Gasteiger partial charge in [0.15, 0.2) is 0 Å². The zero-order valence-corrected chi connectivity index (χ0v) is 9.26. The minimum absolute atomic E-state index is 0.269. The maximum Gasteiger partial charge on any atom is 0.150 e. The van der Waals surface area contributed by atoms with Crippen molar-refractivity contribution in [2.24, 2.45) is 5.73 Å². The number of hydrogen-bond donors (Lipinski definition) is 2. The molecule has 2 heterocycles. The number of rotatable bonds is 2. The Morgan fingerprint density at radius 2 is 2.13 bits per heavy atom. The Morgan fingerprint density at radius 1 is 1.47 bits per heavy atom. The molecular formula is C9H15N3O2S. The van der Waals surface area contributed by atoms with Gasteiger partial charge in [-0.1, -0.05) is 0 Å². The fourth-order valence-corrected chi connectivity index (χ4v) is 3.37. The zero-order chi connectivity index (χ0) is 10.9. The van der Waals surface area contributed by atoms with Crippen LogP contribution < -0.4 is 5.73 Å². The molecule has 5 nitrogen and oxygen atoms in total. The van der Waals surface area contributed by atoms with Crippen LogP contribution in [0.5, 0.6) is 0 Å². The molecule has 1 saturated heterocycles. The van der Waals surface area contributed by atoms with Gasteiger partial charge in [0.1, 0.15) is 9.84 Å². The molecular weight excluding hydrogens is 214 g/mol. The Hall–Kier alpha value is -0.880. The quantitative estimate of drug-likeness (QED) is 0.756. The van der Waals surface area contributed by atoms with E-state index < -0.39 is 9.84 Å². The van der Waals surface area contributed by atoms with Gasteiger partial charge in [0.25, 0.3) is 0 Å². The molecule has 1 aliphatic heterocycles. The molecule has 0 aliphatic carbocycles. The third-order valence-corrected chi connectivity index (χ3v) is 4.56. The monoisotopic (exact) mass is 229 g/mol. The van der Waals surface area contributed by atoms with Crippen molar-refractivity contribution in [2.45, 2.75) is 25.3 Å². The first-order chi connectivity index (χ1) is 7.11. The highest BCUT2D eigenvalue weighted by molar-refractivity contribution is 7.91. The summed E-state index contributed by atoms with van der Waals surface area (Å²) in [7, 11) is -2.79. The lowest BCUT2D eigenvalue weighted by Crippen LogP contribution is -2.22. The van der Waals surface area contributed by atoms with Gasteiger partial charge in [-0.05, 0) is 18.9 Å². The van der Waals surface area contributed by atoms with Gasteiger partial charge in [-0.2, -0.15) is 5.10 Å². The smallest absolute Gasteiger partial charge is 0.150 e. The van der Waals surface area contributed by atoms with Crippen LogP contribution in [0.2, 0.25) is 0 Å². The number of aromatic nitrogens is 2. The summed E-state index contributed by atoms with van der Waals surface area (Å²) in [4.78, 5) is 0. The van der Waals surface area contributed by atoms with E-state index in [-0.39, 0.29) is 17.4 Å². The van der Waals surface area contributed by atoms with Crippen molar-refractivity contribution in [2.75, 3.05) is 11.5 Å². The van der Waals surface area contributed by atoms with Crippen molar-refractivity contribution in [3.8, 4) is 0 Å². The maximum atomic E-state index is 11.2. The highest BCUT2D eigenvalue weighted by atomic mass is 32.2. The van der Waals surface area contributed by atoms with Crippen molar-refractivity contribution in [3.05, 3.63) is 17.5 Å². The lowest BCUT2D eigenvalue weighted by atomic mass is 9.99. The first-order valence-corrected chi connectivity index (χ1v) is 6.87. The SMILES string of the molecule is NCc1cc(C2CCS(=O)(=O)CC2)n[nH]1. The summed E-state index contributed by atoms with van der Waals surface area (Å²) in [5.41, 5.74) is 7.32. The highest BCUT2D eigenvalue weighted by Gasteiger charge is 2.26. The summed E-state index contributed by atoms with van der Waals surface area (Å²) in [5.74, 6) is 0.829. The van der Waals surface area contributed by atoms with E-state index in [4.69, 9.17) is 5.73 Å². The molecule has 0 amide bonds. The molecule has 6 heteroatoms. The van der Waals surface area contributed by atoms with E-state index in [1.54, 1.807) is 0 Å². The van der Waals surface area contributed by atoms with Gasteiger partial charge in [0, 0.05) is 18.2 Å². The second-order valence-electron chi connectivity index (χ2n) is 3.95. The lowest BCUT2D eigenvalue weighted by Gasteiger charge is -2.19. The van der Waals surface area contributed by atoms with Gasteiger partial charge in [0.05, 0.1) is 17.2 Å². The highest BCUT2D eigenvalue weighted by Crippen LogP contribution is 2.27. The molecule has 1 aliphatic rings. The third-order valence-electron chi connectivity index (χ3n) is 2.84. The molecule has 1 fully saturated rings. The second kappa shape index (κ2) is 3.94. The molecule has 1 aromatic heterocycles. The third kappa shape index (κ3) is 2.38. The van der Waals surface area contributed by atoms with Crippen molar-refractivity contribution in [1.29, 1.82) is 0 Å². The molecule has 84 valence electrons. The molecule has 0 radical (unpaired) electrons. The van der Waals surface area contributed by atoms with E-state index in [0.717, 1.165) is 11.4 Å².